The molecule has 10 nitrogen and oxygen atoms in total. The molecule has 5 rings (SSSR count). The largest absolute Gasteiger partial charge is 0.459 e. The van der Waals surface area contributed by atoms with Crippen molar-refractivity contribution in [1.29, 1.82) is 5.26 Å². The van der Waals surface area contributed by atoms with E-state index in [0.29, 0.717) is 48.6 Å². The van der Waals surface area contributed by atoms with Gasteiger partial charge in [0.2, 0.25) is 11.6 Å². The van der Waals surface area contributed by atoms with E-state index in [1.807, 2.05) is 18.7 Å². The third-order valence-electron chi connectivity index (χ3n) is 5.82. The predicted octanol–water partition coefficient (Wildman–Crippen LogP) is 3.06. The Morgan fingerprint density at radius 2 is 1.82 bits per heavy atom. The van der Waals surface area contributed by atoms with Gasteiger partial charge in [0.15, 0.2) is 11.5 Å². The van der Waals surface area contributed by atoms with Crippen LogP contribution in [0.15, 0.2) is 56.3 Å². The number of fused-ring (bicyclic) bond motifs is 1. The van der Waals surface area contributed by atoms with Gasteiger partial charge < -0.3 is 18.6 Å². The maximum atomic E-state index is 13.5. The zero-order valence-electron chi connectivity index (χ0n) is 18.8. The molecule has 1 fully saturated rings. The second-order valence-electron chi connectivity index (χ2n) is 8.28. The molecule has 0 saturated carbocycles. The number of hydrogen-bond acceptors (Lipinski definition) is 8. The Balaban J connectivity index is 1.40. The van der Waals surface area contributed by atoms with Crippen molar-refractivity contribution >= 4 is 22.6 Å². The van der Waals surface area contributed by atoms with Crippen LogP contribution in [0.1, 0.15) is 36.1 Å². The zero-order chi connectivity index (χ0) is 23.8. The van der Waals surface area contributed by atoms with Gasteiger partial charge in [-0.3, -0.25) is 9.59 Å². The van der Waals surface area contributed by atoms with E-state index in [2.05, 4.69) is 16.2 Å². The SMILES string of the molecule is CC(C)n1nc(C(=O)N2CCN(c3oc(-c4ccco4)nc3C#N)CC2)c2ccccc2c1=O. The van der Waals surface area contributed by atoms with Crippen LogP contribution in [0, 0.1) is 11.3 Å². The van der Waals surface area contributed by atoms with Crippen LogP contribution in [0.2, 0.25) is 0 Å². The van der Waals surface area contributed by atoms with Crippen molar-refractivity contribution in [3.8, 4) is 17.7 Å². The summed E-state index contributed by atoms with van der Waals surface area (Å²) in [6, 6.07) is 12.4. The lowest BCUT2D eigenvalue weighted by Gasteiger charge is -2.34. The predicted molar refractivity (Wildman–Crippen MR) is 123 cm³/mol. The second kappa shape index (κ2) is 8.51. The molecule has 1 aliphatic heterocycles. The number of nitriles is 1. The molecule has 0 atom stereocenters. The first-order valence-electron chi connectivity index (χ1n) is 11.0. The Kier molecular flexibility index (Phi) is 5.37. The van der Waals surface area contributed by atoms with E-state index < -0.39 is 0 Å². The fourth-order valence-corrected chi connectivity index (χ4v) is 4.08. The highest BCUT2D eigenvalue weighted by molar-refractivity contribution is 6.04. The van der Waals surface area contributed by atoms with Gasteiger partial charge in [0.1, 0.15) is 6.07 Å². The van der Waals surface area contributed by atoms with Crippen molar-refractivity contribution in [2.24, 2.45) is 0 Å². The second-order valence-corrected chi connectivity index (χ2v) is 8.28. The molecule has 0 unspecified atom stereocenters. The summed E-state index contributed by atoms with van der Waals surface area (Å²) in [6.07, 6.45) is 1.51. The Hall–Kier alpha value is -4.39. The lowest BCUT2D eigenvalue weighted by molar-refractivity contribution is 0.0738. The third kappa shape index (κ3) is 3.61. The lowest BCUT2D eigenvalue weighted by atomic mass is 10.1. The molecular weight excluding hydrogens is 436 g/mol. The van der Waals surface area contributed by atoms with Gasteiger partial charge in [-0.15, -0.1) is 0 Å². The average Bonchev–Trinajstić information content (AvgIpc) is 3.54. The van der Waals surface area contributed by atoms with E-state index >= 15 is 0 Å². The normalized spacial score (nSPS) is 14.1. The van der Waals surface area contributed by atoms with Crippen molar-refractivity contribution in [1.82, 2.24) is 19.7 Å². The molecule has 0 aliphatic carbocycles. The van der Waals surface area contributed by atoms with Gasteiger partial charge in [-0.25, -0.2) is 4.68 Å². The Bertz CT molecular complexity index is 1450. The van der Waals surface area contributed by atoms with E-state index in [1.54, 1.807) is 41.3 Å². The van der Waals surface area contributed by atoms with E-state index in [1.165, 1.54) is 10.9 Å². The Labute approximate surface area is 194 Å². The third-order valence-corrected chi connectivity index (χ3v) is 5.82. The number of furan rings is 1. The van der Waals surface area contributed by atoms with E-state index in [4.69, 9.17) is 8.83 Å². The molecule has 34 heavy (non-hydrogen) atoms. The van der Waals surface area contributed by atoms with Gasteiger partial charge >= 0.3 is 0 Å². The molecule has 1 saturated heterocycles. The van der Waals surface area contributed by atoms with Gasteiger partial charge in [-0.05, 0) is 32.0 Å². The molecule has 0 bridgehead atoms. The number of aromatic nitrogens is 3. The van der Waals surface area contributed by atoms with Gasteiger partial charge in [0, 0.05) is 31.6 Å². The van der Waals surface area contributed by atoms with Crippen LogP contribution in [0.3, 0.4) is 0 Å². The Morgan fingerprint density at radius 3 is 2.47 bits per heavy atom. The summed E-state index contributed by atoms with van der Waals surface area (Å²) >= 11 is 0. The quantitative estimate of drug-likeness (QED) is 0.457. The average molecular weight is 458 g/mol. The summed E-state index contributed by atoms with van der Waals surface area (Å²) in [5.41, 5.74) is 0.214. The van der Waals surface area contributed by atoms with Gasteiger partial charge in [0.05, 0.1) is 17.7 Å². The molecule has 3 aromatic heterocycles. The number of amides is 1. The molecule has 0 radical (unpaired) electrons. The monoisotopic (exact) mass is 458 g/mol. The molecule has 4 aromatic rings. The summed E-state index contributed by atoms with van der Waals surface area (Å²) in [5, 5.41) is 15.0. The minimum atomic E-state index is -0.236. The number of hydrogen-bond donors (Lipinski definition) is 0. The summed E-state index contributed by atoms with van der Waals surface area (Å²) < 4.78 is 12.5. The number of carbonyl (C=O) groups excluding carboxylic acids is 1. The number of oxazole rings is 1. The molecule has 10 heteroatoms. The summed E-state index contributed by atoms with van der Waals surface area (Å²) in [5.74, 6) is 0.800. The number of nitrogens with zero attached hydrogens (tertiary/aromatic N) is 6. The van der Waals surface area contributed by atoms with Crippen LogP contribution in [0.25, 0.3) is 22.4 Å². The minimum absolute atomic E-state index is 0.169. The molecular formula is C24H22N6O4. The highest BCUT2D eigenvalue weighted by Crippen LogP contribution is 2.29. The first kappa shape index (κ1) is 21.5. The molecule has 1 aromatic carbocycles. The standard InChI is InChI=1S/C24H22N6O4/c1-15(2)30-22(31)17-7-4-3-6-16(17)20(27-30)23(32)28-9-11-29(12-10-28)24-18(14-25)26-21(34-24)19-8-5-13-33-19/h3-8,13,15H,9-12H2,1-2H3. The smallest absolute Gasteiger partial charge is 0.275 e. The summed E-state index contributed by atoms with van der Waals surface area (Å²) in [6.45, 7) is 5.42. The molecule has 1 aliphatic rings. The number of carbonyl (C=O) groups is 1. The fraction of sp³-hybridized carbons (Fsp3) is 0.292. The van der Waals surface area contributed by atoms with Crippen LogP contribution >= 0.6 is 0 Å². The van der Waals surface area contributed by atoms with Gasteiger partial charge in [0.25, 0.3) is 17.4 Å². The topological polar surface area (TPSA) is 121 Å². The lowest BCUT2D eigenvalue weighted by Crippen LogP contribution is -2.49. The van der Waals surface area contributed by atoms with Crippen LogP contribution in [-0.4, -0.2) is 51.8 Å². The number of benzene rings is 1. The number of rotatable bonds is 4. The molecule has 172 valence electrons. The highest BCUT2D eigenvalue weighted by Gasteiger charge is 2.29. The van der Waals surface area contributed by atoms with Crippen molar-refractivity contribution in [2.45, 2.75) is 19.9 Å². The number of anilines is 1. The van der Waals surface area contributed by atoms with Crippen LogP contribution in [0.5, 0.6) is 0 Å². The van der Waals surface area contributed by atoms with Gasteiger partial charge in [-0.1, -0.05) is 18.2 Å². The minimum Gasteiger partial charge on any atom is -0.459 e. The van der Waals surface area contributed by atoms with Gasteiger partial charge in [-0.2, -0.15) is 15.3 Å². The van der Waals surface area contributed by atoms with E-state index in [9.17, 15) is 14.9 Å². The highest BCUT2D eigenvalue weighted by atomic mass is 16.4. The Morgan fingerprint density at radius 1 is 1.09 bits per heavy atom. The molecule has 4 heterocycles. The summed E-state index contributed by atoms with van der Waals surface area (Å²) in [4.78, 5) is 34.1. The zero-order valence-corrected chi connectivity index (χ0v) is 18.8. The van der Waals surface area contributed by atoms with Crippen molar-refractivity contribution < 1.29 is 13.6 Å². The fourth-order valence-electron chi connectivity index (χ4n) is 4.08. The maximum Gasteiger partial charge on any atom is 0.275 e. The van der Waals surface area contributed by atoms with Crippen LogP contribution in [0.4, 0.5) is 5.88 Å². The van der Waals surface area contributed by atoms with E-state index in [-0.39, 0.29) is 34.8 Å². The van der Waals surface area contributed by atoms with Crippen LogP contribution in [-0.2, 0) is 0 Å². The maximum absolute atomic E-state index is 13.5. The molecule has 0 N–H and O–H groups in total. The number of piperazine rings is 1. The van der Waals surface area contributed by atoms with Crippen molar-refractivity contribution in [3.05, 3.63) is 64.4 Å². The first-order chi connectivity index (χ1) is 16.5. The molecule has 1 amide bonds. The van der Waals surface area contributed by atoms with Crippen molar-refractivity contribution in [3.63, 3.8) is 0 Å². The first-order valence-corrected chi connectivity index (χ1v) is 11.0. The van der Waals surface area contributed by atoms with Crippen LogP contribution < -0.4 is 10.5 Å². The van der Waals surface area contributed by atoms with E-state index in [0.717, 1.165) is 0 Å². The molecule has 0 spiro atoms. The summed E-state index contributed by atoms with van der Waals surface area (Å²) in [7, 11) is 0. The van der Waals surface area contributed by atoms with Crippen molar-refractivity contribution in [2.75, 3.05) is 31.1 Å².